The molecule has 0 radical (unpaired) electrons. The van der Waals surface area contributed by atoms with Crippen LogP contribution in [0.2, 0.25) is 0 Å². The lowest BCUT2D eigenvalue weighted by atomic mass is 9.94. The van der Waals surface area contributed by atoms with Crippen molar-refractivity contribution < 1.29 is 22.7 Å². The molecule has 3 aromatic rings. The van der Waals surface area contributed by atoms with Crippen LogP contribution in [0.5, 0.6) is 5.88 Å². The molecule has 0 spiro atoms. The molecule has 1 fully saturated rings. The van der Waals surface area contributed by atoms with E-state index in [4.69, 9.17) is 16.2 Å². The van der Waals surface area contributed by atoms with Crippen LogP contribution in [0.25, 0.3) is 11.3 Å². The molecule has 1 saturated carbocycles. The van der Waals surface area contributed by atoms with Crippen molar-refractivity contribution >= 4 is 29.7 Å². The van der Waals surface area contributed by atoms with E-state index < -0.39 is 40.3 Å². The number of rotatable bonds is 5. The van der Waals surface area contributed by atoms with Crippen LogP contribution in [-0.2, 0) is 0 Å². The van der Waals surface area contributed by atoms with Crippen molar-refractivity contribution in [2.24, 2.45) is 5.73 Å². The minimum absolute atomic E-state index is 0. The van der Waals surface area contributed by atoms with E-state index in [1.807, 2.05) is 0 Å². The van der Waals surface area contributed by atoms with Crippen molar-refractivity contribution in [2.75, 3.05) is 11.1 Å². The summed E-state index contributed by atoms with van der Waals surface area (Å²) in [6.07, 6.45) is 5.65. The van der Waals surface area contributed by atoms with Crippen LogP contribution >= 0.6 is 12.4 Å². The summed E-state index contributed by atoms with van der Waals surface area (Å²) < 4.78 is 48.7. The first-order valence-corrected chi connectivity index (χ1v) is 10.3. The molecular weight excluding hydrogens is 473 g/mol. The van der Waals surface area contributed by atoms with E-state index in [9.17, 15) is 18.0 Å². The van der Waals surface area contributed by atoms with Gasteiger partial charge in [-0.15, -0.1) is 12.4 Å². The van der Waals surface area contributed by atoms with Gasteiger partial charge in [0.1, 0.15) is 35.4 Å². The van der Waals surface area contributed by atoms with E-state index in [1.54, 1.807) is 0 Å². The number of pyridine rings is 1. The Morgan fingerprint density at radius 2 is 1.88 bits per heavy atom. The zero-order valence-electron chi connectivity index (χ0n) is 17.8. The first-order chi connectivity index (χ1) is 15.8. The normalized spacial score (nSPS) is 17.5. The third-order valence-corrected chi connectivity index (χ3v) is 5.29. The number of aromatic nitrogens is 3. The van der Waals surface area contributed by atoms with Gasteiger partial charge in [0.2, 0.25) is 5.88 Å². The molecule has 180 valence electrons. The maximum atomic E-state index is 14.5. The van der Waals surface area contributed by atoms with Gasteiger partial charge in [-0.25, -0.2) is 23.1 Å². The number of hydrogen-bond acceptors (Lipinski definition) is 7. The number of nitrogens with one attached hydrogen (secondary N) is 1. The third kappa shape index (κ3) is 5.37. The molecule has 0 saturated heterocycles. The molecule has 4 rings (SSSR count). The Balaban J connectivity index is 0.00000324. The molecule has 1 amide bonds. The molecule has 2 aromatic heterocycles. The second kappa shape index (κ2) is 10.7. The molecule has 2 unspecified atom stereocenters. The lowest BCUT2D eigenvalue weighted by Crippen LogP contribution is -2.34. The monoisotopic (exact) mass is 494 g/mol. The molecule has 12 heteroatoms. The van der Waals surface area contributed by atoms with Crippen molar-refractivity contribution in [1.82, 2.24) is 15.0 Å². The highest BCUT2D eigenvalue weighted by atomic mass is 35.5. The van der Waals surface area contributed by atoms with Gasteiger partial charge in [0, 0.05) is 12.1 Å². The second-order valence-electron chi connectivity index (χ2n) is 7.72. The maximum absolute atomic E-state index is 14.5. The molecule has 2 atom stereocenters. The number of nitrogen functional groups attached to an aromatic ring is 1. The van der Waals surface area contributed by atoms with Crippen LogP contribution in [0.3, 0.4) is 0 Å². The Hall–Kier alpha value is -3.44. The average molecular weight is 495 g/mol. The summed E-state index contributed by atoms with van der Waals surface area (Å²) in [5.74, 6) is -3.87. The highest BCUT2D eigenvalue weighted by Crippen LogP contribution is 2.30. The number of anilines is 2. The van der Waals surface area contributed by atoms with Crippen molar-refractivity contribution in [3.63, 3.8) is 0 Å². The Morgan fingerprint density at radius 3 is 2.59 bits per heavy atom. The summed E-state index contributed by atoms with van der Waals surface area (Å²) in [7, 11) is 0. The van der Waals surface area contributed by atoms with E-state index in [2.05, 4.69) is 20.3 Å². The smallest absolute Gasteiger partial charge is 0.276 e. The van der Waals surface area contributed by atoms with Gasteiger partial charge in [-0.1, -0.05) is 6.07 Å². The SMILES string of the molecule is Cl.Nc1cc(F)c(-c2c(F)cccc2F)nc1C(=O)Nc1cncnc1OC1CCCC(N)C1. The van der Waals surface area contributed by atoms with Crippen LogP contribution in [0.1, 0.15) is 36.2 Å². The number of nitrogens with zero attached hydrogens (tertiary/aromatic N) is 3. The van der Waals surface area contributed by atoms with Crippen LogP contribution < -0.4 is 21.5 Å². The molecule has 1 aliphatic rings. The Morgan fingerprint density at radius 1 is 1.15 bits per heavy atom. The minimum atomic E-state index is -1.08. The molecule has 34 heavy (non-hydrogen) atoms. The number of nitrogens with two attached hydrogens (primary N) is 2. The van der Waals surface area contributed by atoms with Gasteiger partial charge in [-0.05, 0) is 37.8 Å². The van der Waals surface area contributed by atoms with E-state index in [1.165, 1.54) is 12.5 Å². The summed E-state index contributed by atoms with van der Waals surface area (Å²) in [6.45, 7) is 0. The van der Waals surface area contributed by atoms with Crippen LogP contribution in [-0.4, -0.2) is 33.0 Å². The fourth-order valence-electron chi connectivity index (χ4n) is 3.71. The zero-order valence-corrected chi connectivity index (χ0v) is 18.6. The van der Waals surface area contributed by atoms with Gasteiger partial charge in [0.25, 0.3) is 5.91 Å². The average Bonchev–Trinajstić information content (AvgIpc) is 2.76. The van der Waals surface area contributed by atoms with Crippen LogP contribution in [0, 0.1) is 17.5 Å². The summed E-state index contributed by atoms with van der Waals surface area (Å²) >= 11 is 0. The molecular formula is C22H22ClF3N6O2. The Bertz CT molecular complexity index is 1180. The Labute approximate surface area is 199 Å². The molecule has 0 bridgehead atoms. The molecule has 2 heterocycles. The molecule has 1 aromatic carbocycles. The topological polar surface area (TPSA) is 129 Å². The first-order valence-electron chi connectivity index (χ1n) is 10.3. The fourth-order valence-corrected chi connectivity index (χ4v) is 3.71. The fraction of sp³-hybridized carbons (Fsp3) is 0.273. The molecule has 0 aliphatic heterocycles. The highest BCUT2D eigenvalue weighted by Gasteiger charge is 2.25. The van der Waals surface area contributed by atoms with Gasteiger partial charge < -0.3 is 21.5 Å². The number of amides is 1. The summed E-state index contributed by atoms with van der Waals surface area (Å²) in [4.78, 5) is 24.7. The van der Waals surface area contributed by atoms with Crippen LogP contribution in [0.15, 0.2) is 36.8 Å². The zero-order chi connectivity index (χ0) is 23.5. The summed E-state index contributed by atoms with van der Waals surface area (Å²) in [5.41, 5.74) is 9.78. The van der Waals surface area contributed by atoms with E-state index in [0.717, 1.165) is 43.5 Å². The van der Waals surface area contributed by atoms with E-state index >= 15 is 0 Å². The van der Waals surface area contributed by atoms with Crippen molar-refractivity contribution in [3.05, 3.63) is 59.9 Å². The van der Waals surface area contributed by atoms with Gasteiger partial charge in [-0.2, -0.15) is 4.98 Å². The number of carbonyl (C=O) groups is 1. The van der Waals surface area contributed by atoms with Crippen molar-refractivity contribution in [3.8, 4) is 17.1 Å². The summed E-state index contributed by atoms with van der Waals surface area (Å²) in [6, 6.07) is 3.85. The minimum Gasteiger partial charge on any atom is -0.473 e. The van der Waals surface area contributed by atoms with E-state index in [-0.39, 0.29) is 41.8 Å². The van der Waals surface area contributed by atoms with Gasteiger partial charge in [-0.3, -0.25) is 4.79 Å². The highest BCUT2D eigenvalue weighted by molar-refractivity contribution is 6.07. The molecule has 5 N–H and O–H groups in total. The second-order valence-corrected chi connectivity index (χ2v) is 7.72. The molecule has 8 nitrogen and oxygen atoms in total. The lowest BCUT2D eigenvalue weighted by molar-refractivity contribution is 0.102. The lowest BCUT2D eigenvalue weighted by Gasteiger charge is -2.27. The van der Waals surface area contributed by atoms with Crippen molar-refractivity contribution in [1.29, 1.82) is 0 Å². The van der Waals surface area contributed by atoms with E-state index in [0.29, 0.717) is 6.42 Å². The number of benzene rings is 1. The van der Waals surface area contributed by atoms with Crippen molar-refractivity contribution in [2.45, 2.75) is 37.8 Å². The molecule has 1 aliphatic carbocycles. The van der Waals surface area contributed by atoms with Gasteiger partial charge in [0.15, 0.2) is 11.5 Å². The number of hydrogen-bond donors (Lipinski definition) is 3. The maximum Gasteiger partial charge on any atom is 0.276 e. The van der Waals surface area contributed by atoms with Crippen LogP contribution in [0.4, 0.5) is 24.5 Å². The number of halogens is 4. The third-order valence-electron chi connectivity index (χ3n) is 5.29. The Kier molecular flexibility index (Phi) is 7.90. The first kappa shape index (κ1) is 25.2. The predicted octanol–water partition coefficient (Wildman–Crippen LogP) is 3.86. The van der Waals surface area contributed by atoms with Gasteiger partial charge in [0.05, 0.1) is 17.4 Å². The number of ether oxygens (including phenoxy) is 1. The summed E-state index contributed by atoms with van der Waals surface area (Å²) in [5, 5.41) is 2.52. The largest absolute Gasteiger partial charge is 0.473 e. The number of carbonyl (C=O) groups excluding carboxylic acids is 1. The van der Waals surface area contributed by atoms with Gasteiger partial charge >= 0.3 is 0 Å². The quantitative estimate of drug-likeness (QED) is 0.491. The predicted molar refractivity (Wildman–Crippen MR) is 122 cm³/mol. The standard InChI is InChI=1S/C22H21F3N6O2.ClH/c23-13-5-2-6-14(24)18(13)19-15(25)8-16(27)20(31-19)21(32)30-17-9-28-10-29-22(17)33-12-4-1-3-11(26)7-12;/h2,5-6,8-12H,1,3-4,7,26-27H2,(H,30,32);1H.